The molecular formula is C16H26BNO4. The first-order chi connectivity index (χ1) is 9.91. The Hall–Kier alpha value is -1.14. The van der Waals surface area contributed by atoms with Gasteiger partial charge in [-0.2, -0.15) is 0 Å². The van der Waals surface area contributed by atoms with Crippen LogP contribution in [0.15, 0.2) is 16.5 Å². The van der Waals surface area contributed by atoms with E-state index in [9.17, 15) is 4.79 Å². The molecule has 1 saturated heterocycles. The Labute approximate surface area is 133 Å². The van der Waals surface area contributed by atoms with Crippen molar-refractivity contribution in [3.8, 4) is 0 Å². The Bertz CT molecular complexity index is 513. The van der Waals surface area contributed by atoms with Crippen molar-refractivity contribution in [3.05, 3.63) is 11.5 Å². The molecule has 0 aromatic rings. The number of hydrogen-bond acceptors (Lipinski definition) is 5. The molecule has 0 aromatic heterocycles. The predicted molar refractivity (Wildman–Crippen MR) is 86.9 cm³/mol. The van der Waals surface area contributed by atoms with Crippen LogP contribution >= 0.6 is 0 Å². The van der Waals surface area contributed by atoms with Crippen LogP contribution in [-0.4, -0.2) is 42.1 Å². The van der Waals surface area contributed by atoms with Gasteiger partial charge >= 0.3 is 13.1 Å². The maximum Gasteiger partial charge on any atom is 0.490 e. The average molecular weight is 307 g/mol. The Balaban J connectivity index is 2.14. The molecule has 0 aromatic carbocycles. The molecule has 22 heavy (non-hydrogen) atoms. The molecule has 0 saturated carbocycles. The van der Waals surface area contributed by atoms with Crippen molar-refractivity contribution in [1.29, 1.82) is 0 Å². The lowest BCUT2D eigenvalue weighted by molar-refractivity contribution is -0.146. The zero-order chi connectivity index (χ0) is 16.8. The van der Waals surface area contributed by atoms with Crippen LogP contribution in [0.25, 0.3) is 0 Å². The average Bonchev–Trinajstić information content (AvgIpc) is 2.57. The van der Waals surface area contributed by atoms with Crippen molar-refractivity contribution < 1.29 is 18.8 Å². The highest BCUT2D eigenvalue weighted by molar-refractivity contribution is 6.57. The summed E-state index contributed by atoms with van der Waals surface area (Å²) in [6.45, 7) is 14.1. The zero-order valence-electron chi connectivity index (χ0n) is 14.6. The summed E-state index contributed by atoms with van der Waals surface area (Å²) in [7, 11) is -0.432. The number of aliphatic imine (C=N–C) groups is 1. The van der Waals surface area contributed by atoms with E-state index in [0.29, 0.717) is 12.3 Å². The van der Waals surface area contributed by atoms with E-state index in [1.807, 2.05) is 48.5 Å². The monoisotopic (exact) mass is 307 g/mol. The van der Waals surface area contributed by atoms with E-state index in [1.165, 1.54) is 0 Å². The van der Waals surface area contributed by atoms with Gasteiger partial charge in [-0.3, -0.25) is 4.99 Å². The number of ether oxygens (including phenoxy) is 1. The normalized spacial score (nSPS) is 23.9. The summed E-state index contributed by atoms with van der Waals surface area (Å²) < 4.78 is 17.4. The van der Waals surface area contributed by atoms with E-state index < -0.39 is 18.7 Å². The highest BCUT2D eigenvalue weighted by Gasteiger charge is 2.52. The Morgan fingerprint density at radius 3 is 2.27 bits per heavy atom. The molecule has 0 spiro atoms. The molecule has 5 nitrogen and oxygen atoms in total. The van der Waals surface area contributed by atoms with Crippen LogP contribution in [0.5, 0.6) is 0 Å². The summed E-state index contributed by atoms with van der Waals surface area (Å²) in [5, 5.41) is 0. The molecule has 0 aliphatic carbocycles. The third-order valence-corrected chi connectivity index (χ3v) is 4.17. The van der Waals surface area contributed by atoms with Crippen LogP contribution in [0.1, 0.15) is 54.9 Å². The predicted octanol–water partition coefficient (Wildman–Crippen LogP) is 2.73. The van der Waals surface area contributed by atoms with Crippen LogP contribution in [0, 0.1) is 0 Å². The van der Waals surface area contributed by atoms with Crippen LogP contribution < -0.4 is 0 Å². The Kier molecular flexibility index (Phi) is 4.30. The summed E-state index contributed by atoms with van der Waals surface area (Å²) in [6.07, 6.45) is 2.48. The molecule has 0 amide bonds. The summed E-state index contributed by atoms with van der Waals surface area (Å²) in [6, 6.07) is 0. The van der Waals surface area contributed by atoms with E-state index in [2.05, 4.69) is 4.99 Å². The van der Waals surface area contributed by atoms with Crippen LogP contribution in [-0.2, 0) is 18.8 Å². The van der Waals surface area contributed by atoms with Crippen molar-refractivity contribution in [2.45, 2.75) is 71.7 Å². The molecule has 2 aliphatic heterocycles. The number of dihydropyridines is 1. The summed E-state index contributed by atoms with van der Waals surface area (Å²) in [5.74, 6) is -0.402. The Morgan fingerprint density at radius 2 is 1.77 bits per heavy atom. The molecular weight excluding hydrogens is 281 g/mol. The Morgan fingerprint density at radius 1 is 1.23 bits per heavy atom. The minimum atomic E-state index is -0.532. The fraction of sp³-hybridized carbons (Fsp3) is 0.750. The number of carbonyl (C=O) groups is 1. The van der Waals surface area contributed by atoms with Gasteiger partial charge in [0.15, 0.2) is 0 Å². The van der Waals surface area contributed by atoms with Crippen LogP contribution in [0.3, 0.4) is 0 Å². The highest BCUT2D eigenvalue weighted by atomic mass is 16.7. The van der Waals surface area contributed by atoms with Gasteiger partial charge in [0.2, 0.25) is 0 Å². The fourth-order valence-corrected chi connectivity index (χ4v) is 2.23. The van der Waals surface area contributed by atoms with Crippen molar-refractivity contribution in [3.63, 3.8) is 0 Å². The SMILES string of the molecule is CC(C)(C)OC(=O)C1=NCCC(B2OC(C)(C)C(C)(C)O2)=C1. The van der Waals surface area contributed by atoms with E-state index in [-0.39, 0.29) is 11.2 Å². The minimum absolute atomic E-state index is 0.339. The first-order valence-electron chi connectivity index (χ1n) is 7.75. The molecule has 0 atom stereocenters. The quantitative estimate of drug-likeness (QED) is 0.581. The zero-order valence-corrected chi connectivity index (χ0v) is 14.6. The van der Waals surface area contributed by atoms with Crippen molar-refractivity contribution >= 4 is 18.8 Å². The second kappa shape index (κ2) is 5.50. The minimum Gasteiger partial charge on any atom is -0.455 e. The lowest BCUT2D eigenvalue weighted by Gasteiger charge is -2.32. The second-order valence-electron chi connectivity index (χ2n) is 7.83. The van der Waals surface area contributed by atoms with Gasteiger partial charge in [0.05, 0.1) is 11.2 Å². The fourth-order valence-electron chi connectivity index (χ4n) is 2.23. The largest absolute Gasteiger partial charge is 0.490 e. The number of esters is 1. The molecule has 0 bridgehead atoms. The topological polar surface area (TPSA) is 57.1 Å². The van der Waals surface area contributed by atoms with E-state index in [0.717, 1.165) is 11.9 Å². The smallest absolute Gasteiger partial charge is 0.455 e. The van der Waals surface area contributed by atoms with Gasteiger partial charge in [-0.25, -0.2) is 4.79 Å². The maximum atomic E-state index is 12.1. The van der Waals surface area contributed by atoms with Crippen molar-refractivity contribution in [2.24, 2.45) is 4.99 Å². The van der Waals surface area contributed by atoms with Crippen molar-refractivity contribution in [1.82, 2.24) is 0 Å². The van der Waals surface area contributed by atoms with Crippen molar-refractivity contribution in [2.75, 3.05) is 6.54 Å². The van der Waals surface area contributed by atoms with E-state index >= 15 is 0 Å². The van der Waals surface area contributed by atoms with Gasteiger partial charge < -0.3 is 14.0 Å². The molecule has 2 heterocycles. The van der Waals surface area contributed by atoms with Gasteiger partial charge in [-0.15, -0.1) is 0 Å². The third-order valence-electron chi connectivity index (χ3n) is 4.17. The number of nitrogens with zero attached hydrogens (tertiary/aromatic N) is 1. The summed E-state index contributed by atoms with van der Waals surface area (Å²) in [5.41, 5.74) is -0.0336. The molecule has 2 aliphatic rings. The maximum absolute atomic E-state index is 12.1. The first-order valence-corrected chi connectivity index (χ1v) is 7.75. The second-order valence-corrected chi connectivity index (χ2v) is 7.83. The molecule has 1 fully saturated rings. The lowest BCUT2D eigenvalue weighted by atomic mass is 9.74. The van der Waals surface area contributed by atoms with Crippen LogP contribution in [0.2, 0.25) is 0 Å². The van der Waals surface area contributed by atoms with Crippen LogP contribution in [0.4, 0.5) is 0 Å². The summed E-state index contributed by atoms with van der Waals surface area (Å²) in [4.78, 5) is 16.4. The highest BCUT2D eigenvalue weighted by Crippen LogP contribution is 2.39. The number of rotatable bonds is 2. The summed E-state index contributed by atoms with van der Waals surface area (Å²) >= 11 is 0. The lowest BCUT2D eigenvalue weighted by Crippen LogP contribution is -2.41. The van der Waals surface area contributed by atoms with Gasteiger partial charge in [0, 0.05) is 6.54 Å². The van der Waals surface area contributed by atoms with Gasteiger partial charge in [-0.1, -0.05) is 0 Å². The third kappa shape index (κ3) is 3.61. The first kappa shape index (κ1) is 17.2. The molecule has 0 unspecified atom stereocenters. The molecule has 122 valence electrons. The van der Waals surface area contributed by atoms with Gasteiger partial charge in [-0.05, 0) is 66.4 Å². The standard InChI is InChI=1S/C16H26BNO4/c1-14(2,3)20-13(19)12-10-11(8-9-18-12)17-21-15(4,5)16(6,7)22-17/h10H,8-9H2,1-7H3. The van der Waals surface area contributed by atoms with Gasteiger partial charge in [0.25, 0.3) is 0 Å². The molecule has 2 rings (SSSR count). The molecule has 0 N–H and O–H groups in total. The number of carbonyl (C=O) groups excluding carboxylic acids is 1. The van der Waals surface area contributed by atoms with E-state index in [1.54, 1.807) is 6.08 Å². The molecule has 0 radical (unpaired) electrons. The van der Waals surface area contributed by atoms with E-state index in [4.69, 9.17) is 14.0 Å². The molecule has 6 heteroatoms. The number of hydrogen-bond donors (Lipinski definition) is 0. The van der Waals surface area contributed by atoms with Gasteiger partial charge in [0.1, 0.15) is 11.3 Å².